The Kier molecular flexibility index (Phi) is 80.9. The minimum absolute atomic E-state index is 0.0286. The summed E-state index contributed by atoms with van der Waals surface area (Å²) in [6.07, 6.45) is 95.0. The van der Waals surface area contributed by atoms with Crippen LogP contribution < -0.4 is 0 Å². The third kappa shape index (κ3) is 81.0. The standard InChI is InChI=1S/C40H80O2.C38H76O2/c1-3-5-7-9-11-13-15-17-19-20-21-22-23-25-27-29-31-33-35-37-39-42-40(41)38-36-34-32-30-28-26-24-18-16-14-12-10-8-6-4-2;1-3-5-7-9-11-13-15-17-18-19-20-21-22-23-25-27-29-31-33-35-37-40-38(39)36-34-32-30-28-26-24-16-14-12-10-8-6-4-2/h3-39H2,1-2H3;3-37H2,1-2H3. The number of rotatable bonds is 72. The smallest absolute Gasteiger partial charge is 0.305 e. The summed E-state index contributed by atoms with van der Waals surface area (Å²) in [6, 6.07) is 0. The van der Waals surface area contributed by atoms with Gasteiger partial charge in [-0.2, -0.15) is 0 Å². The highest BCUT2D eigenvalue weighted by molar-refractivity contribution is 5.69. The zero-order valence-corrected chi connectivity index (χ0v) is 57.5. The predicted octanol–water partition coefficient (Wildman–Crippen LogP) is 28.4. The molecule has 0 aliphatic rings. The Hall–Kier alpha value is -1.06. The fourth-order valence-corrected chi connectivity index (χ4v) is 12.2. The van der Waals surface area contributed by atoms with Crippen molar-refractivity contribution in [3.8, 4) is 0 Å². The molecule has 492 valence electrons. The first-order valence-electron chi connectivity index (χ1n) is 38.9. The Morgan fingerprint density at radius 3 is 0.402 bits per heavy atom. The zero-order valence-electron chi connectivity index (χ0n) is 57.5. The van der Waals surface area contributed by atoms with Crippen LogP contribution in [0.3, 0.4) is 0 Å². The number of ether oxygens (including phenoxy) is 2. The van der Waals surface area contributed by atoms with E-state index in [0.29, 0.717) is 26.1 Å². The van der Waals surface area contributed by atoms with Gasteiger partial charge in [0.05, 0.1) is 13.2 Å². The molecule has 82 heavy (non-hydrogen) atoms. The van der Waals surface area contributed by atoms with Crippen molar-refractivity contribution >= 4 is 11.9 Å². The van der Waals surface area contributed by atoms with Crippen molar-refractivity contribution in [2.24, 2.45) is 0 Å². The lowest BCUT2D eigenvalue weighted by atomic mass is 10.0. The summed E-state index contributed by atoms with van der Waals surface area (Å²) in [4.78, 5) is 23.9. The number of esters is 2. The van der Waals surface area contributed by atoms with Crippen molar-refractivity contribution in [3.05, 3.63) is 0 Å². The maximum atomic E-state index is 12.0. The molecule has 0 N–H and O–H groups in total. The molecule has 0 saturated carbocycles. The van der Waals surface area contributed by atoms with E-state index in [2.05, 4.69) is 27.7 Å². The lowest BCUT2D eigenvalue weighted by Crippen LogP contribution is -2.05. The summed E-state index contributed by atoms with van der Waals surface area (Å²) < 4.78 is 10.9. The molecule has 0 atom stereocenters. The average molecular weight is 1160 g/mol. The summed E-state index contributed by atoms with van der Waals surface area (Å²) in [5.41, 5.74) is 0. The fraction of sp³-hybridized carbons (Fsp3) is 0.974. The van der Waals surface area contributed by atoms with Gasteiger partial charge in [-0.25, -0.2) is 0 Å². The third-order valence-electron chi connectivity index (χ3n) is 18.0. The molecule has 0 aromatic rings. The number of hydrogen-bond donors (Lipinski definition) is 0. The van der Waals surface area contributed by atoms with Crippen molar-refractivity contribution in [3.63, 3.8) is 0 Å². The molecule has 4 heteroatoms. The zero-order chi connectivity index (χ0) is 59.5. The second-order valence-electron chi connectivity index (χ2n) is 26.6. The SMILES string of the molecule is CCCCCCCCCCCCCCCCCCCCCCOC(=O)CCCCCCCCCCCCCCC.CCCCCCCCCCCCCCCCCCCCCCOC(=O)CCCCCCCCCCCCCCCCC. The van der Waals surface area contributed by atoms with E-state index < -0.39 is 0 Å². The molecular formula is C78H156O4. The van der Waals surface area contributed by atoms with Gasteiger partial charge in [0, 0.05) is 12.8 Å². The van der Waals surface area contributed by atoms with E-state index in [4.69, 9.17) is 9.47 Å². The highest BCUT2D eigenvalue weighted by Crippen LogP contribution is 2.19. The summed E-state index contributed by atoms with van der Waals surface area (Å²) in [5.74, 6) is 0.0587. The highest BCUT2D eigenvalue weighted by atomic mass is 16.5. The van der Waals surface area contributed by atoms with Gasteiger partial charge in [0.15, 0.2) is 0 Å². The van der Waals surface area contributed by atoms with Crippen LogP contribution in [0.15, 0.2) is 0 Å². The number of unbranched alkanes of at least 4 members (excludes halogenated alkanes) is 64. The molecule has 0 saturated heterocycles. The summed E-state index contributed by atoms with van der Waals surface area (Å²) in [7, 11) is 0. The predicted molar refractivity (Wildman–Crippen MR) is 368 cm³/mol. The molecule has 0 aliphatic carbocycles. The van der Waals surface area contributed by atoms with Gasteiger partial charge in [-0.15, -0.1) is 0 Å². The maximum absolute atomic E-state index is 12.0. The second-order valence-corrected chi connectivity index (χ2v) is 26.6. The van der Waals surface area contributed by atoms with Crippen LogP contribution in [0.1, 0.15) is 477 Å². The first-order chi connectivity index (χ1) is 40.6. The van der Waals surface area contributed by atoms with Crippen LogP contribution in [-0.2, 0) is 19.1 Å². The van der Waals surface area contributed by atoms with Crippen LogP contribution in [0, 0.1) is 0 Å². The molecular weight excluding hydrogens is 1000 g/mol. The second kappa shape index (κ2) is 79.9. The topological polar surface area (TPSA) is 52.6 Å². The minimum Gasteiger partial charge on any atom is -0.466 e. The Morgan fingerprint density at radius 1 is 0.159 bits per heavy atom. The maximum Gasteiger partial charge on any atom is 0.305 e. The Bertz CT molecular complexity index is 1120. The van der Waals surface area contributed by atoms with Gasteiger partial charge < -0.3 is 9.47 Å². The largest absolute Gasteiger partial charge is 0.466 e. The normalized spacial score (nSPS) is 11.4. The highest BCUT2D eigenvalue weighted by Gasteiger charge is 2.05. The van der Waals surface area contributed by atoms with Crippen molar-refractivity contribution in [2.75, 3.05) is 13.2 Å². The van der Waals surface area contributed by atoms with E-state index in [1.54, 1.807) is 0 Å². The first-order valence-corrected chi connectivity index (χ1v) is 38.9. The van der Waals surface area contributed by atoms with Crippen molar-refractivity contribution < 1.29 is 19.1 Å². The van der Waals surface area contributed by atoms with Crippen molar-refractivity contribution in [1.29, 1.82) is 0 Å². The molecule has 0 aromatic heterocycles. The molecule has 0 fully saturated rings. The first kappa shape index (κ1) is 83.0. The minimum atomic E-state index is 0.0286. The lowest BCUT2D eigenvalue weighted by Gasteiger charge is -2.06. The van der Waals surface area contributed by atoms with Crippen LogP contribution in [0.2, 0.25) is 0 Å². The molecule has 4 nitrogen and oxygen atoms in total. The van der Waals surface area contributed by atoms with E-state index in [1.165, 1.54) is 411 Å². The molecule has 0 spiro atoms. The van der Waals surface area contributed by atoms with Gasteiger partial charge >= 0.3 is 11.9 Å². The molecule has 0 unspecified atom stereocenters. The quantitative estimate of drug-likeness (QED) is 0.0450. The Labute approximate surface area is 518 Å². The van der Waals surface area contributed by atoms with Gasteiger partial charge in [-0.1, -0.05) is 439 Å². The molecule has 0 amide bonds. The van der Waals surface area contributed by atoms with E-state index in [0.717, 1.165) is 25.7 Å². The Balaban J connectivity index is 0. The van der Waals surface area contributed by atoms with Gasteiger partial charge in [-0.3, -0.25) is 9.59 Å². The molecule has 0 rings (SSSR count). The molecule has 0 radical (unpaired) electrons. The molecule has 0 heterocycles. The Morgan fingerprint density at radius 2 is 0.268 bits per heavy atom. The van der Waals surface area contributed by atoms with E-state index in [-0.39, 0.29) is 11.9 Å². The number of carbonyl (C=O) groups excluding carboxylic acids is 2. The lowest BCUT2D eigenvalue weighted by molar-refractivity contribution is -0.144. The van der Waals surface area contributed by atoms with E-state index in [9.17, 15) is 9.59 Å². The molecule has 0 aliphatic heterocycles. The van der Waals surface area contributed by atoms with Gasteiger partial charge in [0.2, 0.25) is 0 Å². The van der Waals surface area contributed by atoms with Crippen molar-refractivity contribution in [2.45, 2.75) is 477 Å². The number of carbonyl (C=O) groups is 2. The third-order valence-corrected chi connectivity index (χ3v) is 18.0. The number of hydrogen-bond acceptors (Lipinski definition) is 4. The summed E-state index contributed by atoms with van der Waals surface area (Å²) in [6.45, 7) is 10.4. The van der Waals surface area contributed by atoms with Crippen LogP contribution >= 0.6 is 0 Å². The monoisotopic (exact) mass is 1160 g/mol. The van der Waals surface area contributed by atoms with Crippen molar-refractivity contribution in [1.82, 2.24) is 0 Å². The summed E-state index contributed by atoms with van der Waals surface area (Å²) >= 11 is 0. The van der Waals surface area contributed by atoms with Crippen LogP contribution in [0.5, 0.6) is 0 Å². The fourth-order valence-electron chi connectivity index (χ4n) is 12.2. The van der Waals surface area contributed by atoms with Gasteiger partial charge in [-0.05, 0) is 25.7 Å². The van der Waals surface area contributed by atoms with Crippen LogP contribution in [0.4, 0.5) is 0 Å². The molecule has 0 bridgehead atoms. The van der Waals surface area contributed by atoms with E-state index >= 15 is 0 Å². The molecule has 0 aromatic carbocycles. The summed E-state index contributed by atoms with van der Waals surface area (Å²) in [5, 5.41) is 0. The van der Waals surface area contributed by atoms with Gasteiger partial charge in [0.1, 0.15) is 0 Å². The van der Waals surface area contributed by atoms with Gasteiger partial charge in [0.25, 0.3) is 0 Å². The van der Waals surface area contributed by atoms with Crippen LogP contribution in [-0.4, -0.2) is 25.2 Å². The average Bonchev–Trinajstić information content (AvgIpc) is 3.48. The van der Waals surface area contributed by atoms with E-state index in [1.807, 2.05) is 0 Å². The van der Waals surface area contributed by atoms with Crippen LogP contribution in [0.25, 0.3) is 0 Å².